The largest absolute Gasteiger partial charge is 0.392 e. The van der Waals surface area contributed by atoms with Crippen molar-refractivity contribution < 1.29 is 9.90 Å². The molecule has 0 saturated heterocycles. The minimum Gasteiger partial charge on any atom is -0.392 e. The fraction of sp³-hybridized carbons (Fsp3) is 0.700. The van der Waals surface area contributed by atoms with Crippen LogP contribution in [0.4, 0.5) is 0 Å². The maximum absolute atomic E-state index is 11.7. The Bertz CT molecular complexity index is 228. The average Bonchev–Trinajstić information content (AvgIpc) is 2.00. The summed E-state index contributed by atoms with van der Waals surface area (Å²) in [5, 5.41) is 9.48. The zero-order valence-corrected chi connectivity index (χ0v) is 7.92. The number of carbonyl (C=O) groups is 1. The highest BCUT2D eigenvalue weighted by Gasteiger charge is 2.39. The van der Waals surface area contributed by atoms with Crippen molar-refractivity contribution in [3.8, 4) is 0 Å². The number of allylic oxidation sites excluding steroid dienone is 2. The highest BCUT2D eigenvalue weighted by molar-refractivity contribution is 6.00. The predicted octanol–water partition coefficient (Wildman–Crippen LogP) is 1.68. The summed E-state index contributed by atoms with van der Waals surface area (Å²) in [4.78, 5) is 11.7. The van der Waals surface area contributed by atoms with Gasteiger partial charge >= 0.3 is 0 Å². The van der Waals surface area contributed by atoms with E-state index in [9.17, 15) is 9.90 Å². The molecule has 1 rings (SSSR count). The van der Waals surface area contributed by atoms with Crippen LogP contribution in [-0.4, -0.2) is 17.0 Å². The number of aliphatic hydroxyl groups excluding tert-OH is 1. The van der Waals surface area contributed by atoms with E-state index >= 15 is 0 Å². The average molecular weight is 168 g/mol. The number of carbonyl (C=O) groups excluding carboxylic acids is 1. The lowest BCUT2D eigenvalue weighted by molar-refractivity contribution is -0.130. The van der Waals surface area contributed by atoms with Gasteiger partial charge in [0.05, 0.1) is 11.5 Å². The van der Waals surface area contributed by atoms with Crippen molar-refractivity contribution in [2.75, 3.05) is 0 Å². The van der Waals surface area contributed by atoms with E-state index in [4.69, 9.17) is 0 Å². The Labute approximate surface area is 73.3 Å². The van der Waals surface area contributed by atoms with Gasteiger partial charge in [-0.1, -0.05) is 6.08 Å². The van der Waals surface area contributed by atoms with Crippen LogP contribution in [-0.2, 0) is 4.79 Å². The smallest absolute Gasteiger partial charge is 0.166 e. The van der Waals surface area contributed by atoms with E-state index in [1.54, 1.807) is 6.92 Å². The molecule has 0 radical (unpaired) electrons. The van der Waals surface area contributed by atoms with Crippen LogP contribution in [0.3, 0.4) is 0 Å². The first-order chi connectivity index (χ1) is 5.48. The van der Waals surface area contributed by atoms with Gasteiger partial charge in [-0.3, -0.25) is 4.79 Å². The molecule has 1 aliphatic rings. The summed E-state index contributed by atoms with van der Waals surface area (Å²) in [5.74, 6) is 0.101. The number of ketones is 1. The zero-order valence-electron chi connectivity index (χ0n) is 7.92. The SMILES string of the molecule is CC1=CCC[C@](C)([C@@H](C)O)C1=O. The van der Waals surface area contributed by atoms with Crippen molar-refractivity contribution in [2.24, 2.45) is 5.41 Å². The Kier molecular flexibility index (Phi) is 2.38. The molecular weight excluding hydrogens is 152 g/mol. The van der Waals surface area contributed by atoms with Crippen LogP contribution in [0.1, 0.15) is 33.6 Å². The maximum Gasteiger partial charge on any atom is 0.166 e. The van der Waals surface area contributed by atoms with Crippen molar-refractivity contribution in [1.82, 2.24) is 0 Å². The van der Waals surface area contributed by atoms with Gasteiger partial charge in [-0.15, -0.1) is 0 Å². The third-order valence-corrected chi connectivity index (χ3v) is 2.91. The molecule has 2 nitrogen and oxygen atoms in total. The minimum atomic E-state index is -0.548. The summed E-state index contributed by atoms with van der Waals surface area (Å²) in [7, 11) is 0. The van der Waals surface area contributed by atoms with E-state index in [0.29, 0.717) is 0 Å². The molecule has 0 unspecified atom stereocenters. The number of hydrogen-bond acceptors (Lipinski definition) is 2. The van der Waals surface area contributed by atoms with E-state index in [1.807, 2.05) is 19.9 Å². The van der Waals surface area contributed by atoms with Gasteiger partial charge in [0.25, 0.3) is 0 Å². The third-order valence-electron chi connectivity index (χ3n) is 2.91. The molecule has 1 aliphatic carbocycles. The molecule has 0 aromatic heterocycles. The van der Waals surface area contributed by atoms with E-state index in [0.717, 1.165) is 18.4 Å². The van der Waals surface area contributed by atoms with Crippen molar-refractivity contribution >= 4 is 5.78 Å². The quantitative estimate of drug-likeness (QED) is 0.646. The van der Waals surface area contributed by atoms with Crippen LogP contribution in [0, 0.1) is 5.41 Å². The fourth-order valence-electron chi connectivity index (χ4n) is 1.64. The second kappa shape index (κ2) is 3.02. The molecule has 0 spiro atoms. The molecule has 0 aromatic carbocycles. The first kappa shape index (κ1) is 9.46. The Morgan fingerprint density at radius 3 is 2.67 bits per heavy atom. The number of hydrogen-bond donors (Lipinski definition) is 1. The molecule has 2 atom stereocenters. The summed E-state index contributed by atoms with van der Waals surface area (Å²) < 4.78 is 0. The summed E-state index contributed by atoms with van der Waals surface area (Å²) in [6, 6.07) is 0. The zero-order chi connectivity index (χ0) is 9.35. The van der Waals surface area contributed by atoms with Gasteiger partial charge in [-0.2, -0.15) is 0 Å². The molecule has 0 bridgehead atoms. The number of rotatable bonds is 1. The molecule has 0 heterocycles. The molecule has 0 aliphatic heterocycles. The summed E-state index contributed by atoms with van der Waals surface area (Å²) in [6.45, 7) is 5.36. The second-order valence-corrected chi connectivity index (χ2v) is 3.85. The Morgan fingerprint density at radius 2 is 2.25 bits per heavy atom. The van der Waals surface area contributed by atoms with Crippen LogP contribution in [0.15, 0.2) is 11.6 Å². The molecule has 0 aromatic rings. The van der Waals surface area contributed by atoms with Gasteiger partial charge < -0.3 is 5.11 Å². The molecule has 0 amide bonds. The van der Waals surface area contributed by atoms with Crippen LogP contribution in [0.5, 0.6) is 0 Å². The van der Waals surface area contributed by atoms with Crippen LogP contribution in [0.25, 0.3) is 0 Å². The lowest BCUT2D eigenvalue weighted by Gasteiger charge is -2.33. The highest BCUT2D eigenvalue weighted by Crippen LogP contribution is 2.35. The van der Waals surface area contributed by atoms with Gasteiger partial charge in [-0.25, -0.2) is 0 Å². The third kappa shape index (κ3) is 1.31. The van der Waals surface area contributed by atoms with Crippen molar-refractivity contribution in [3.63, 3.8) is 0 Å². The summed E-state index contributed by atoms with van der Waals surface area (Å²) in [5.41, 5.74) is 0.253. The van der Waals surface area contributed by atoms with Crippen molar-refractivity contribution in [2.45, 2.75) is 39.7 Å². The molecule has 68 valence electrons. The summed E-state index contributed by atoms with van der Waals surface area (Å²) in [6.07, 6.45) is 3.07. The molecule has 0 saturated carbocycles. The summed E-state index contributed by atoms with van der Waals surface area (Å²) >= 11 is 0. The standard InChI is InChI=1S/C10H16O2/c1-7-5-4-6-10(3,8(2)11)9(7)12/h5,8,11H,4,6H2,1-3H3/t8-,10-/m1/s1. The van der Waals surface area contributed by atoms with Crippen LogP contribution in [0.2, 0.25) is 0 Å². The van der Waals surface area contributed by atoms with E-state index in [-0.39, 0.29) is 5.78 Å². The number of Topliss-reactive ketones (excluding diaryl/α,β-unsaturated/α-hetero) is 1. The minimum absolute atomic E-state index is 0.101. The van der Waals surface area contributed by atoms with Gasteiger partial charge in [0.15, 0.2) is 5.78 Å². The van der Waals surface area contributed by atoms with E-state index < -0.39 is 11.5 Å². The fourth-order valence-corrected chi connectivity index (χ4v) is 1.64. The Morgan fingerprint density at radius 1 is 1.67 bits per heavy atom. The molecule has 1 N–H and O–H groups in total. The molecule has 0 fully saturated rings. The first-order valence-corrected chi connectivity index (χ1v) is 4.38. The second-order valence-electron chi connectivity index (χ2n) is 3.85. The van der Waals surface area contributed by atoms with Crippen LogP contribution >= 0.6 is 0 Å². The number of aliphatic hydroxyl groups is 1. The highest BCUT2D eigenvalue weighted by atomic mass is 16.3. The lowest BCUT2D eigenvalue weighted by atomic mass is 9.71. The maximum atomic E-state index is 11.7. The van der Waals surface area contributed by atoms with Crippen molar-refractivity contribution in [1.29, 1.82) is 0 Å². The molecule has 2 heteroatoms. The van der Waals surface area contributed by atoms with Gasteiger partial charge in [0.2, 0.25) is 0 Å². The predicted molar refractivity (Wildman–Crippen MR) is 47.8 cm³/mol. The first-order valence-electron chi connectivity index (χ1n) is 4.38. The van der Waals surface area contributed by atoms with E-state index in [1.165, 1.54) is 0 Å². The Hall–Kier alpha value is -0.630. The van der Waals surface area contributed by atoms with E-state index in [2.05, 4.69) is 0 Å². The molecular formula is C10H16O2. The normalized spacial score (nSPS) is 33.0. The monoisotopic (exact) mass is 168 g/mol. The van der Waals surface area contributed by atoms with Crippen molar-refractivity contribution in [3.05, 3.63) is 11.6 Å². The topological polar surface area (TPSA) is 37.3 Å². The Balaban J connectivity index is 2.95. The van der Waals surface area contributed by atoms with Gasteiger partial charge in [0, 0.05) is 0 Å². The van der Waals surface area contributed by atoms with Gasteiger partial charge in [-0.05, 0) is 39.2 Å². The lowest BCUT2D eigenvalue weighted by Crippen LogP contribution is -2.40. The van der Waals surface area contributed by atoms with Gasteiger partial charge in [0.1, 0.15) is 0 Å². The van der Waals surface area contributed by atoms with Crippen LogP contribution < -0.4 is 0 Å². The molecule has 12 heavy (non-hydrogen) atoms.